The van der Waals surface area contributed by atoms with Crippen LogP contribution < -0.4 is 5.32 Å². The maximum atomic E-state index is 11.4. The largest absolute Gasteiger partial charge is 0.356 e. The van der Waals surface area contributed by atoms with Gasteiger partial charge in [-0.3, -0.25) is 4.79 Å². The first kappa shape index (κ1) is 9.52. The molecule has 0 aliphatic carbocycles. The third kappa shape index (κ3) is 2.21. The van der Waals surface area contributed by atoms with Crippen molar-refractivity contribution in [3.8, 4) is 0 Å². The van der Waals surface area contributed by atoms with E-state index in [1.807, 2.05) is 6.92 Å². The van der Waals surface area contributed by atoms with Crippen molar-refractivity contribution in [1.29, 1.82) is 0 Å². The van der Waals surface area contributed by atoms with Gasteiger partial charge in [0.15, 0.2) is 0 Å². The molecule has 1 amide bonds. The highest BCUT2D eigenvalue weighted by Crippen LogP contribution is 2.15. The monoisotopic (exact) mass is 170 g/mol. The Morgan fingerprint density at radius 2 is 2.33 bits per heavy atom. The number of likely N-dealkylation sites (tertiary alicyclic amines) is 1. The van der Waals surface area contributed by atoms with E-state index in [4.69, 9.17) is 0 Å². The molecule has 70 valence electrons. The van der Waals surface area contributed by atoms with Crippen molar-refractivity contribution in [2.75, 3.05) is 26.2 Å². The summed E-state index contributed by atoms with van der Waals surface area (Å²) in [6.07, 6.45) is 1.03. The molecule has 1 aliphatic rings. The molecule has 1 unspecified atom stereocenters. The number of rotatable bonds is 3. The predicted molar refractivity (Wildman–Crippen MR) is 48.9 cm³/mol. The summed E-state index contributed by atoms with van der Waals surface area (Å²) in [6.45, 7) is 7.95. The highest BCUT2D eigenvalue weighted by atomic mass is 16.1. The molecule has 1 heterocycles. The maximum Gasteiger partial charge on any atom is 0.224 e. The van der Waals surface area contributed by atoms with Gasteiger partial charge in [0.2, 0.25) is 5.91 Å². The first-order chi connectivity index (χ1) is 5.77. The Balaban J connectivity index is 2.31. The summed E-state index contributed by atoms with van der Waals surface area (Å²) < 4.78 is 0. The van der Waals surface area contributed by atoms with Crippen LogP contribution in [0, 0.1) is 5.92 Å². The van der Waals surface area contributed by atoms with Crippen LogP contribution in [0.3, 0.4) is 0 Å². The number of hydrogen-bond donors (Lipinski definition) is 1. The lowest BCUT2D eigenvalue weighted by molar-refractivity contribution is -0.124. The highest BCUT2D eigenvalue weighted by molar-refractivity contribution is 5.79. The quantitative estimate of drug-likeness (QED) is 0.667. The Labute approximate surface area is 74.1 Å². The van der Waals surface area contributed by atoms with Crippen LogP contribution in [-0.2, 0) is 4.79 Å². The van der Waals surface area contributed by atoms with Gasteiger partial charge in [0, 0.05) is 13.1 Å². The fourth-order valence-electron chi connectivity index (χ4n) is 1.65. The molecule has 0 aromatic carbocycles. The molecule has 0 spiro atoms. The molecule has 1 fully saturated rings. The van der Waals surface area contributed by atoms with Gasteiger partial charge in [-0.15, -0.1) is 0 Å². The fraction of sp³-hybridized carbons (Fsp3) is 0.889. The van der Waals surface area contributed by atoms with Crippen molar-refractivity contribution >= 4 is 5.91 Å². The zero-order valence-corrected chi connectivity index (χ0v) is 7.97. The average molecular weight is 170 g/mol. The zero-order chi connectivity index (χ0) is 8.97. The average Bonchev–Trinajstić information content (AvgIpc) is 2.52. The zero-order valence-electron chi connectivity index (χ0n) is 7.97. The molecule has 1 aliphatic heterocycles. The predicted octanol–water partition coefficient (Wildman–Crippen LogP) is 0.464. The summed E-state index contributed by atoms with van der Waals surface area (Å²) in [5.74, 6) is 0.471. The molecule has 1 rings (SSSR count). The van der Waals surface area contributed by atoms with Gasteiger partial charge in [-0.25, -0.2) is 0 Å². The summed E-state index contributed by atoms with van der Waals surface area (Å²) in [5, 5.41) is 2.87. The van der Waals surface area contributed by atoms with E-state index in [2.05, 4.69) is 17.1 Å². The molecule has 0 radical (unpaired) electrons. The minimum absolute atomic E-state index is 0.230. The Morgan fingerprint density at radius 1 is 1.58 bits per heavy atom. The van der Waals surface area contributed by atoms with E-state index < -0.39 is 0 Å². The topological polar surface area (TPSA) is 32.3 Å². The van der Waals surface area contributed by atoms with Gasteiger partial charge in [-0.1, -0.05) is 6.92 Å². The minimum atomic E-state index is 0.230. The van der Waals surface area contributed by atoms with E-state index >= 15 is 0 Å². The fourth-order valence-corrected chi connectivity index (χ4v) is 1.65. The van der Waals surface area contributed by atoms with Gasteiger partial charge < -0.3 is 10.2 Å². The summed E-state index contributed by atoms with van der Waals surface area (Å²) in [4.78, 5) is 13.7. The van der Waals surface area contributed by atoms with Crippen molar-refractivity contribution in [2.45, 2.75) is 20.3 Å². The molecule has 1 saturated heterocycles. The number of carbonyl (C=O) groups excluding carboxylic acids is 1. The molecule has 0 aromatic heterocycles. The maximum absolute atomic E-state index is 11.4. The molecule has 0 aromatic rings. The minimum Gasteiger partial charge on any atom is -0.356 e. The van der Waals surface area contributed by atoms with E-state index in [1.165, 1.54) is 0 Å². The second-order valence-corrected chi connectivity index (χ2v) is 3.27. The van der Waals surface area contributed by atoms with Crippen LogP contribution in [0.15, 0.2) is 0 Å². The van der Waals surface area contributed by atoms with Crippen molar-refractivity contribution < 1.29 is 4.79 Å². The molecule has 12 heavy (non-hydrogen) atoms. The lowest BCUT2D eigenvalue weighted by Gasteiger charge is -2.12. The standard InChI is InChI=1S/C9H18N2O/c1-3-10-9(12)8-5-6-11(4-2)7-8/h8H,3-7H2,1-2H3,(H,10,12). The summed E-state index contributed by atoms with van der Waals surface area (Å²) in [7, 11) is 0. The molecule has 1 N–H and O–H groups in total. The molecule has 0 bridgehead atoms. The van der Waals surface area contributed by atoms with E-state index in [1.54, 1.807) is 0 Å². The normalized spacial score (nSPS) is 24.3. The van der Waals surface area contributed by atoms with Crippen molar-refractivity contribution in [3.05, 3.63) is 0 Å². The van der Waals surface area contributed by atoms with Crippen LogP contribution in [0.1, 0.15) is 20.3 Å². The molecule has 0 saturated carbocycles. The molecule has 1 atom stereocenters. The number of hydrogen-bond acceptors (Lipinski definition) is 2. The van der Waals surface area contributed by atoms with Crippen molar-refractivity contribution in [1.82, 2.24) is 10.2 Å². The summed E-state index contributed by atoms with van der Waals surface area (Å²) in [5.41, 5.74) is 0. The number of carbonyl (C=O) groups is 1. The lowest BCUT2D eigenvalue weighted by Crippen LogP contribution is -2.32. The lowest BCUT2D eigenvalue weighted by atomic mass is 10.1. The van der Waals surface area contributed by atoms with Gasteiger partial charge >= 0.3 is 0 Å². The van der Waals surface area contributed by atoms with Crippen LogP contribution in [-0.4, -0.2) is 37.0 Å². The van der Waals surface area contributed by atoms with Crippen molar-refractivity contribution in [2.24, 2.45) is 5.92 Å². The third-order valence-electron chi connectivity index (χ3n) is 2.44. The first-order valence-corrected chi connectivity index (χ1v) is 4.78. The van der Waals surface area contributed by atoms with Gasteiger partial charge in [-0.2, -0.15) is 0 Å². The highest BCUT2D eigenvalue weighted by Gasteiger charge is 2.26. The van der Waals surface area contributed by atoms with Crippen LogP contribution in [0.25, 0.3) is 0 Å². The van der Waals surface area contributed by atoms with Crippen LogP contribution in [0.4, 0.5) is 0 Å². The third-order valence-corrected chi connectivity index (χ3v) is 2.44. The van der Waals surface area contributed by atoms with Crippen LogP contribution in [0.5, 0.6) is 0 Å². The van der Waals surface area contributed by atoms with Crippen molar-refractivity contribution in [3.63, 3.8) is 0 Å². The molecule has 3 nitrogen and oxygen atoms in total. The van der Waals surface area contributed by atoms with Gasteiger partial charge in [0.25, 0.3) is 0 Å². The Hall–Kier alpha value is -0.570. The molecule has 3 heteroatoms. The second-order valence-electron chi connectivity index (χ2n) is 3.27. The number of nitrogens with one attached hydrogen (secondary N) is 1. The van der Waals surface area contributed by atoms with Gasteiger partial charge in [-0.05, 0) is 26.4 Å². The Bertz CT molecular complexity index is 159. The summed E-state index contributed by atoms with van der Waals surface area (Å²) >= 11 is 0. The molecular weight excluding hydrogens is 152 g/mol. The van der Waals surface area contributed by atoms with Gasteiger partial charge in [0.1, 0.15) is 0 Å². The SMILES string of the molecule is CCNC(=O)C1CCN(CC)C1. The van der Waals surface area contributed by atoms with E-state index in [9.17, 15) is 4.79 Å². The summed E-state index contributed by atoms with van der Waals surface area (Å²) in [6, 6.07) is 0. The van der Waals surface area contributed by atoms with Crippen LogP contribution in [0.2, 0.25) is 0 Å². The van der Waals surface area contributed by atoms with E-state index in [-0.39, 0.29) is 11.8 Å². The Morgan fingerprint density at radius 3 is 2.83 bits per heavy atom. The van der Waals surface area contributed by atoms with Crippen LogP contribution >= 0.6 is 0 Å². The second kappa shape index (κ2) is 4.45. The number of amides is 1. The first-order valence-electron chi connectivity index (χ1n) is 4.78. The van der Waals surface area contributed by atoms with E-state index in [0.29, 0.717) is 0 Å². The van der Waals surface area contributed by atoms with Gasteiger partial charge in [0.05, 0.1) is 5.92 Å². The Kier molecular flexibility index (Phi) is 3.53. The number of nitrogens with zero attached hydrogens (tertiary/aromatic N) is 1. The van der Waals surface area contributed by atoms with E-state index in [0.717, 1.165) is 32.6 Å². The smallest absolute Gasteiger partial charge is 0.224 e. The molecular formula is C9H18N2O.